The number of anilines is 1. The van der Waals surface area contributed by atoms with Crippen LogP contribution >= 0.6 is 0 Å². The summed E-state index contributed by atoms with van der Waals surface area (Å²) in [6, 6.07) is 3.97. The Kier molecular flexibility index (Phi) is 3.39. The lowest BCUT2D eigenvalue weighted by molar-refractivity contribution is 0.444. The summed E-state index contributed by atoms with van der Waals surface area (Å²) in [4.78, 5) is 1.91. The van der Waals surface area contributed by atoms with Gasteiger partial charge in [-0.25, -0.2) is 8.78 Å². The van der Waals surface area contributed by atoms with Crippen LogP contribution in [0.1, 0.15) is 12.8 Å². The average Bonchev–Trinajstić information content (AvgIpc) is 2.32. The van der Waals surface area contributed by atoms with E-state index >= 15 is 0 Å². The third kappa shape index (κ3) is 2.32. The van der Waals surface area contributed by atoms with Crippen molar-refractivity contribution in [3.63, 3.8) is 0 Å². The van der Waals surface area contributed by atoms with Crippen molar-refractivity contribution in [3.8, 4) is 0 Å². The summed E-state index contributed by atoms with van der Waals surface area (Å²) < 4.78 is 26.6. The molecule has 0 amide bonds. The maximum atomic E-state index is 13.6. The number of halogens is 2. The van der Waals surface area contributed by atoms with E-state index in [0.717, 1.165) is 32.0 Å². The number of piperidine rings is 1. The van der Waals surface area contributed by atoms with Crippen molar-refractivity contribution in [1.29, 1.82) is 0 Å². The number of likely N-dealkylation sites (N-methyl/N-ethyl adjacent to an activating group) is 1. The van der Waals surface area contributed by atoms with Gasteiger partial charge in [-0.1, -0.05) is 0 Å². The first-order valence-electron chi connectivity index (χ1n) is 5.58. The topological polar surface area (TPSA) is 15.3 Å². The molecule has 1 saturated heterocycles. The molecule has 16 heavy (non-hydrogen) atoms. The minimum Gasteiger partial charge on any atom is -0.368 e. The van der Waals surface area contributed by atoms with Gasteiger partial charge in [0.2, 0.25) is 0 Å². The standard InChI is InChI=1S/C12H16F2N2/c1-15-10-3-2-6-16(8-10)12-7-9(13)4-5-11(12)14/h4-5,7,10,15H,2-3,6,8H2,1H3. The van der Waals surface area contributed by atoms with Crippen molar-refractivity contribution in [2.24, 2.45) is 0 Å². The average molecular weight is 226 g/mol. The van der Waals surface area contributed by atoms with Gasteiger partial charge in [0.25, 0.3) is 0 Å². The zero-order valence-electron chi connectivity index (χ0n) is 9.34. The van der Waals surface area contributed by atoms with Crippen LogP contribution in [0.5, 0.6) is 0 Å². The summed E-state index contributed by atoms with van der Waals surface area (Å²) in [5.74, 6) is -0.735. The summed E-state index contributed by atoms with van der Waals surface area (Å²) in [5.41, 5.74) is 0.375. The fourth-order valence-corrected chi connectivity index (χ4v) is 2.16. The Morgan fingerprint density at radius 2 is 2.19 bits per heavy atom. The molecule has 0 aromatic heterocycles. The van der Waals surface area contributed by atoms with Crippen LogP contribution in [0.15, 0.2) is 18.2 Å². The molecule has 0 spiro atoms. The Balaban J connectivity index is 2.19. The van der Waals surface area contributed by atoms with Crippen molar-refractivity contribution in [1.82, 2.24) is 5.32 Å². The molecule has 1 aliphatic rings. The largest absolute Gasteiger partial charge is 0.368 e. The zero-order chi connectivity index (χ0) is 11.5. The lowest BCUT2D eigenvalue weighted by atomic mass is 10.1. The molecule has 0 radical (unpaired) electrons. The van der Waals surface area contributed by atoms with Gasteiger partial charge in [0, 0.05) is 25.2 Å². The third-order valence-electron chi connectivity index (χ3n) is 3.08. The Morgan fingerprint density at radius 1 is 1.38 bits per heavy atom. The number of nitrogens with one attached hydrogen (secondary N) is 1. The van der Waals surface area contributed by atoms with Crippen molar-refractivity contribution in [2.75, 3.05) is 25.0 Å². The summed E-state index contributed by atoms with van der Waals surface area (Å²) >= 11 is 0. The number of rotatable bonds is 2. The smallest absolute Gasteiger partial charge is 0.146 e. The normalized spacial score (nSPS) is 21.2. The van der Waals surface area contributed by atoms with Crippen LogP contribution < -0.4 is 10.2 Å². The van der Waals surface area contributed by atoms with E-state index in [4.69, 9.17) is 0 Å². The van der Waals surface area contributed by atoms with Gasteiger partial charge in [0.1, 0.15) is 11.6 Å². The molecular weight excluding hydrogens is 210 g/mol. The van der Waals surface area contributed by atoms with E-state index in [0.29, 0.717) is 11.7 Å². The van der Waals surface area contributed by atoms with Gasteiger partial charge in [-0.15, -0.1) is 0 Å². The molecule has 0 bridgehead atoms. The van der Waals surface area contributed by atoms with Crippen LogP contribution in [-0.2, 0) is 0 Å². The summed E-state index contributed by atoms with van der Waals surface area (Å²) in [6.45, 7) is 1.52. The third-order valence-corrected chi connectivity index (χ3v) is 3.08. The second-order valence-electron chi connectivity index (χ2n) is 4.17. The van der Waals surface area contributed by atoms with Gasteiger partial charge >= 0.3 is 0 Å². The van der Waals surface area contributed by atoms with Crippen molar-refractivity contribution < 1.29 is 8.78 Å². The van der Waals surface area contributed by atoms with Gasteiger partial charge in [0.15, 0.2) is 0 Å². The first-order chi connectivity index (χ1) is 7.70. The Bertz CT molecular complexity index is 368. The maximum Gasteiger partial charge on any atom is 0.146 e. The SMILES string of the molecule is CNC1CCCN(c2cc(F)ccc2F)C1. The quantitative estimate of drug-likeness (QED) is 0.831. The summed E-state index contributed by atoms with van der Waals surface area (Å²) in [6.07, 6.45) is 2.09. The fraction of sp³-hybridized carbons (Fsp3) is 0.500. The van der Waals surface area contributed by atoms with Crippen LogP contribution in [-0.4, -0.2) is 26.2 Å². The fourth-order valence-electron chi connectivity index (χ4n) is 2.16. The molecule has 1 N–H and O–H groups in total. The first kappa shape index (κ1) is 11.3. The molecular formula is C12H16F2N2. The second-order valence-corrected chi connectivity index (χ2v) is 4.17. The molecule has 0 aliphatic carbocycles. The van der Waals surface area contributed by atoms with Crippen molar-refractivity contribution >= 4 is 5.69 Å². The lowest BCUT2D eigenvalue weighted by Crippen LogP contribution is -2.44. The highest BCUT2D eigenvalue weighted by Gasteiger charge is 2.21. The van der Waals surface area contributed by atoms with E-state index in [-0.39, 0.29) is 11.6 Å². The van der Waals surface area contributed by atoms with E-state index in [9.17, 15) is 8.78 Å². The molecule has 1 aromatic carbocycles. The zero-order valence-corrected chi connectivity index (χ0v) is 9.34. The summed E-state index contributed by atoms with van der Waals surface area (Å²) in [7, 11) is 1.90. The van der Waals surface area contributed by atoms with E-state index < -0.39 is 0 Å². The van der Waals surface area contributed by atoms with Crippen LogP contribution in [0.3, 0.4) is 0 Å². The van der Waals surface area contributed by atoms with Gasteiger partial charge in [0.05, 0.1) is 5.69 Å². The molecule has 1 atom stereocenters. The molecule has 88 valence electrons. The Hall–Kier alpha value is -1.16. The number of hydrogen-bond acceptors (Lipinski definition) is 2. The molecule has 4 heteroatoms. The van der Waals surface area contributed by atoms with E-state index in [1.807, 2.05) is 11.9 Å². The van der Waals surface area contributed by atoms with Gasteiger partial charge in [-0.3, -0.25) is 0 Å². The predicted octanol–water partition coefficient (Wildman–Crippen LogP) is 2.15. The number of nitrogens with zero attached hydrogens (tertiary/aromatic N) is 1. The number of hydrogen-bond donors (Lipinski definition) is 1. The van der Waals surface area contributed by atoms with Crippen LogP contribution in [0.25, 0.3) is 0 Å². The maximum absolute atomic E-state index is 13.6. The molecule has 2 rings (SSSR count). The Morgan fingerprint density at radius 3 is 2.94 bits per heavy atom. The second kappa shape index (κ2) is 4.78. The molecule has 0 saturated carbocycles. The highest BCUT2D eigenvalue weighted by molar-refractivity contribution is 5.48. The van der Waals surface area contributed by atoms with E-state index in [1.165, 1.54) is 12.1 Å². The molecule has 1 heterocycles. The highest BCUT2D eigenvalue weighted by Crippen LogP contribution is 2.24. The molecule has 1 fully saturated rings. The van der Waals surface area contributed by atoms with Gasteiger partial charge < -0.3 is 10.2 Å². The van der Waals surface area contributed by atoms with Crippen molar-refractivity contribution in [3.05, 3.63) is 29.8 Å². The predicted molar refractivity (Wildman–Crippen MR) is 60.7 cm³/mol. The lowest BCUT2D eigenvalue weighted by Gasteiger charge is -2.34. The minimum atomic E-state index is -0.386. The van der Waals surface area contributed by atoms with E-state index in [2.05, 4.69) is 5.32 Å². The Labute approximate surface area is 94.3 Å². The number of benzene rings is 1. The van der Waals surface area contributed by atoms with Crippen molar-refractivity contribution in [2.45, 2.75) is 18.9 Å². The monoisotopic (exact) mass is 226 g/mol. The minimum absolute atomic E-state index is 0.349. The van der Waals surface area contributed by atoms with Crippen LogP contribution in [0, 0.1) is 11.6 Å². The summed E-state index contributed by atoms with van der Waals surface area (Å²) in [5, 5.41) is 3.18. The molecule has 1 aromatic rings. The van der Waals surface area contributed by atoms with Crippen LogP contribution in [0.4, 0.5) is 14.5 Å². The van der Waals surface area contributed by atoms with E-state index in [1.54, 1.807) is 0 Å². The first-order valence-corrected chi connectivity index (χ1v) is 5.58. The molecule has 2 nitrogen and oxygen atoms in total. The molecule has 1 aliphatic heterocycles. The van der Waals surface area contributed by atoms with Gasteiger partial charge in [-0.05, 0) is 32.0 Å². The molecule has 1 unspecified atom stereocenters. The van der Waals surface area contributed by atoms with Crippen LogP contribution in [0.2, 0.25) is 0 Å². The van der Waals surface area contributed by atoms with Gasteiger partial charge in [-0.2, -0.15) is 0 Å². The highest BCUT2D eigenvalue weighted by atomic mass is 19.1.